The molecular formula is C24H29N5O2. The topological polar surface area (TPSA) is 74.2 Å². The van der Waals surface area contributed by atoms with E-state index in [-0.39, 0.29) is 17.6 Å². The standard InChI is InChI=1S/C24H29N5O2/c1-17-4-2-6-21-22(17)26-24(31)29(21)20-9-12-27(13-10-20)19-7-14-28(15-8-19)23(30)18-5-3-11-25-16-18/h2-6,11,16,19-20H,7-10,12-15H2,1H3,(H,26,31). The summed E-state index contributed by atoms with van der Waals surface area (Å²) in [6.45, 7) is 5.61. The number of aromatic amines is 1. The Morgan fingerprint density at radius 2 is 1.74 bits per heavy atom. The van der Waals surface area contributed by atoms with Crippen LogP contribution in [0.1, 0.15) is 47.6 Å². The number of rotatable bonds is 3. The van der Waals surface area contributed by atoms with Crippen LogP contribution in [-0.4, -0.2) is 62.5 Å². The summed E-state index contributed by atoms with van der Waals surface area (Å²) in [6.07, 6.45) is 7.31. The molecule has 0 unspecified atom stereocenters. The third kappa shape index (κ3) is 3.78. The Bertz CT molecular complexity index is 1120. The first-order valence-corrected chi connectivity index (χ1v) is 11.2. The van der Waals surface area contributed by atoms with E-state index in [0.29, 0.717) is 11.6 Å². The minimum Gasteiger partial charge on any atom is -0.338 e. The summed E-state index contributed by atoms with van der Waals surface area (Å²) in [4.78, 5) is 36.9. The highest BCUT2D eigenvalue weighted by molar-refractivity contribution is 5.93. The van der Waals surface area contributed by atoms with E-state index in [1.165, 1.54) is 0 Å². The Kier molecular flexibility index (Phi) is 5.36. The van der Waals surface area contributed by atoms with Crippen molar-refractivity contribution in [2.45, 2.75) is 44.7 Å². The molecule has 0 bridgehead atoms. The van der Waals surface area contributed by atoms with Crippen molar-refractivity contribution in [3.05, 3.63) is 64.3 Å². The van der Waals surface area contributed by atoms with Crippen LogP contribution in [0.25, 0.3) is 11.0 Å². The van der Waals surface area contributed by atoms with Gasteiger partial charge in [-0.25, -0.2) is 4.79 Å². The molecule has 0 saturated carbocycles. The highest BCUT2D eigenvalue weighted by Crippen LogP contribution is 2.29. The summed E-state index contributed by atoms with van der Waals surface area (Å²) in [5.41, 5.74) is 3.76. The van der Waals surface area contributed by atoms with Gasteiger partial charge in [-0.05, 0) is 56.4 Å². The second-order valence-electron chi connectivity index (χ2n) is 8.80. The fourth-order valence-corrected chi connectivity index (χ4v) is 5.27. The van der Waals surface area contributed by atoms with E-state index in [9.17, 15) is 9.59 Å². The number of aryl methyl sites for hydroxylation is 1. The number of carbonyl (C=O) groups is 1. The first-order valence-electron chi connectivity index (χ1n) is 11.2. The molecule has 0 radical (unpaired) electrons. The average molecular weight is 420 g/mol. The summed E-state index contributed by atoms with van der Waals surface area (Å²) < 4.78 is 1.97. The van der Waals surface area contributed by atoms with Crippen molar-refractivity contribution >= 4 is 16.9 Å². The lowest BCUT2D eigenvalue weighted by atomic mass is 9.97. The third-order valence-corrected chi connectivity index (χ3v) is 7.00. The van der Waals surface area contributed by atoms with Gasteiger partial charge in [-0.3, -0.25) is 14.3 Å². The van der Waals surface area contributed by atoms with E-state index >= 15 is 0 Å². The zero-order valence-corrected chi connectivity index (χ0v) is 18.0. The van der Waals surface area contributed by atoms with Gasteiger partial charge in [-0.15, -0.1) is 0 Å². The zero-order chi connectivity index (χ0) is 21.4. The van der Waals surface area contributed by atoms with Gasteiger partial charge in [-0.1, -0.05) is 12.1 Å². The van der Waals surface area contributed by atoms with Gasteiger partial charge in [-0.2, -0.15) is 0 Å². The Hall–Kier alpha value is -2.93. The SMILES string of the molecule is Cc1cccc2c1[nH]c(=O)n2C1CCN(C2CCN(C(=O)c3cccnc3)CC2)CC1. The molecule has 0 aliphatic carbocycles. The fourth-order valence-electron chi connectivity index (χ4n) is 5.27. The van der Waals surface area contributed by atoms with Crippen LogP contribution in [-0.2, 0) is 0 Å². The number of hydrogen-bond donors (Lipinski definition) is 1. The number of likely N-dealkylation sites (tertiary alicyclic amines) is 2. The predicted octanol–water partition coefficient (Wildman–Crippen LogP) is 2.97. The fraction of sp³-hybridized carbons (Fsp3) is 0.458. The molecule has 2 aliphatic rings. The van der Waals surface area contributed by atoms with Gasteiger partial charge in [0, 0.05) is 50.7 Å². The molecule has 1 amide bonds. The predicted molar refractivity (Wildman–Crippen MR) is 120 cm³/mol. The molecule has 5 rings (SSSR count). The monoisotopic (exact) mass is 419 g/mol. The normalized spacial score (nSPS) is 19.2. The minimum atomic E-state index is 0.00460. The Labute approximate surface area is 181 Å². The zero-order valence-electron chi connectivity index (χ0n) is 18.0. The van der Waals surface area contributed by atoms with Crippen molar-refractivity contribution in [1.29, 1.82) is 0 Å². The first-order chi connectivity index (χ1) is 15.1. The number of benzene rings is 1. The molecule has 4 heterocycles. The summed E-state index contributed by atoms with van der Waals surface area (Å²) >= 11 is 0. The van der Waals surface area contributed by atoms with E-state index in [1.807, 2.05) is 46.7 Å². The summed E-state index contributed by atoms with van der Waals surface area (Å²) in [6, 6.07) is 10.5. The number of imidazole rings is 1. The van der Waals surface area contributed by atoms with Crippen molar-refractivity contribution in [3.8, 4) is 0 Å². The first kappa shape index (κ1) is 20.0. The van der Waals surface area contributed by atoms with Crippen LogP contribution in [0.4, 0.5) is 0 Å². The van der Waals surface area contributed by atoms with Gasteiger partial charge in [0.1, 0.15) is 0 Å². The lowest BCUT2D eigenvalue weighted by Crippen LogP contribution is -2.49. The number of para-hydroxylation sites is 1. The van der Waals surface area contributed by atoms with Gasteiger partial charge in [0.05, 0.1) is 16.6 Å². The molecule has 2 aliphatic heterocycles. The summed E-state index contributed by atoms with van der Waals surface area (Å²) in [5.74, 6) is 0.0827. The van der Waals surface area contributed by atoms with E-state index in [2.05, 4.69) is 14.9 Å². The molecule has 0 atom stereocenters. The molecule has 162 valence electrons. The van der Waals surface area contributed by atoms with Crippen molar-refractivity contribution in [2.24, 2.45) is 0 Å². The van der Waals surface area contributed by atoms with Crippen LogP contribution in [0, 0.1) is 6.92 Å². The molecule has 3 aromatic rings. The number of carbonyl (C=O) groups excluding carboxylic acids is 1. The number of pyridine rings is 1. The van der Waals surface area contributed by atoms with Crippen LogP contribution >= 0.6 is 0 Å². The maximum Gasteiger partial charge on any atom is 0.326 e. The lowest BCUT2D eigenvalue weighted by Gasteiger charge is -2.42. The minimum absolute atomic E-state index is 0.00460. The number of H-pyrrole nitrogens is 1. The molecular weight excluding hydrogens is 390 g/mol. The third-order valence-electron chi connectivity index (χ3n) is 7.00. The van der Waals surface area contributed by atoms with Crippen molar-refractivity contribution in [3.63, 3.8) is 0 Å². The number of fused-ring (bicyclic) bond motifs is 1. The van der Waals surface area contributed by atoms with Gasteiger partial charge in [0.2, 0.25) is 0 Å². The lowest BCUT2D eigenvalue weighted by molar-refractivity contribution is 0.0557. The van der Waals surface area contributed by atoms with Gasteiger partial charge < -0.3 is 14.8 Å². The number of nitrogens with zero attached hydrogens (tertiary/aromatic N) is 4. The Balaban J connectivity index is 1.20. The second kappa shape index (κ2) is 8.30. The van der Waals surface area contributed by atoms with E-state index in [0.717, 1.165) is 68.5 Å². The molecule has 1 N–H and O–H groups in total. The van der Waals surface area contributed by atoms with Crippen LogP contribution in [0.5, 0.6) is 0 Å². The van der Waals surface area contributed by atoms with Gasteiger partial charge in [0.15, 0.2) is 0 Å². The van der Waals surface area contributed by atoms with Crippen molar-refractivity contribution < 1.29 is 4.79 Å². The number of hydrogen-bond acceptors (Lipinski definition) is 4. The van der Waals surface area contributed by atoms with E-state index in [1.54, 1.807) is 12.4 Å². The molecule has 2 aromatic heterocycles. The Morgan fingerprint density at radius 3 is 2.45 bits per heavy atom. The molecule has 2 saturated heterocycles. The number of nitrogens with one attached hydrogen (secondary N) is 1. The maximum absolute atomic E-state index is 12.7. The molecule has 7 nitrogen and oxygen atoms in total. The molecule has 2 fully saturated rings. The van der Waals surface area contributed by atoms with Crippen LogP contribution in [0.15, 0.2) is 47.5 Å². The molecule has 0 spiro atoms. The second-order valence-corrected chi connectivity index (χ2v) is 8.80. The molecule has 1 aromatic carbocycles. The van der Waals surface area contributed by atoms with E-state index < -0.39 is 0 Å². The molecule has 7 heteroatoms. The summed E-state index contributed by atoms with van der Waals surface area (Å²) in [7, 11) is 0. The number of amides is 1. The Morgan fingerprint density at radius 1 is 1.00 bits per heavy atom. The quantitative estimate of drug-likeness (QED) is 0.708. The average Bonchev–Trinajstić information content (AvgIpc) is 3.16. The van der Waals surface area contributed by atoms with Crippen LogP contribution in [0.3, 0.4) is 0 Å². The van der Waals surface area contributed by atoms with E-state index in [4.69, 9.17) is 0 Å². The summed E-state index contributed by atoms with van der Waals surface area (Å²) in [5, 5.41) is 0. The van der Waals surface area contributed by atoms with Crippen LogP contribution < -0.4 is 5.69 Å². The maximum atomic E-state index is 12.7. The van der Waals surface area contributed by atoms with Gasteiger partial charge in [0.25, 0.3) is 5.91 Å². The largest absolute Gasteiger partial charge is 0.338 e. The highest BCUT2D eigenvalue weighted by atomic mass is 16.2. The smallest absolute Gasteiger partial charge is 0.326 e. The molecule has 31 heavy (non-hydrogen) atoms. The van der Waals surface area contributed by atoms with Gasteiger partial charge >= 0.3 is 5.69 Å². The van der Waals surface area contributed by atoms with Crippen molar-refractivity contribution in [1.82, 2.24) is 24.3 Å². The van der Waals surface area contributed by atoms with Crippen LogP contribution in [0.2, 0.25) is 0 Å². The number of aromatic nitrogens is 3. The highest BCUT2D eigenvalue weighted by Gasteiger charge is 2.31. The van der Waals surface area contributed by atoms with Crippen molar-refractivity contribution in [2.75, 3.05) is 26.2 Å². The number of piperidine rings is 2.